The van der Waals surface area contributed by atoms with Crippen LogP contribution >= 0.6 is 0 Å². The van der Waals surface area contributed by atoms with Crippen molar-refractivity contribution in [1.29, 1.82) is 5.26 Å². The summed E-state index contributed by atoms with van der Waals surface area (Å²) >= 11 is 0. The molecule has 1 saturated heterocycles. The van der Waals surface area contributed by atoms with Crippen LogP contribution in [0.3, 0.4) is 0 Å². The van der Waals surface area contributed by atoms with Crippen LogP contribution in [0.5, 0.6) is 0 Å². The van der Waals surface area contributed by atoms with Crippen molar-refractivity contribution in [3.63, 3.8) is 0 Å². The van der Waals surface area contributed by atoms with Crippen LogP contribution in [0, 0.1) is 18.3 Å². The zero-order valence-corrected chi connectivity index (χ0v) is 18.5. The normalized spacial score (nSPS) is 13.9. The van der Waals surface area contributed by atoms with E-state index in [0.717, 1.165) is 41.3 Å². The molecule has 1 fully saturated rings. The number of carbonyl (C=O) groups is 1. The summed E-state index contributed by atoms with van der Waals surface area (Å²) < 4.78 is 1.97. The molecule has 166 valence electrons. The van der Waals surface area contributed by atoms with Gasteiger partial charge < -0.3 is 15.1 Å². The summed E-state index contributed by atoms with van der Waals surface area (Å²) in [5, 5.41) is 13.0. The minimum atomic E-state index is 0.139. The number of benzene rings is 1. The molecule has 1 amide bonds. The topological polar surface area (TPSA) is 89.6 Å². The standard InChI is InChI=1S/C25H25N7O/c1-18-16-23(32-21-7-3-2-6-20(21)29-25(32)19(18)17-26)28-11-9-24(33)31-14-12-30(13-15-31)22-8-4-5-10-27-22/h2-8,10,16,28H,9,11-15H2,1H3. The number of para-hydroxylation sites is 2. The molecule has 1 N–H and O–H groups in total. The maximum Gasteiger partial charge on any atom is 0.224 e. The van der Waals surface area contributed by atoms with Crippen LogP contribution in [-0.4, -0.2) is 57.9 Å². The van der Waals surface area contributed by atoms with Gasteiger partial charge in [-0.15, -0.1) is 0 Å². The fraction of sp³-hybridized carbons (Fsp3) is 0.280. The predicted octanol–water partition coefficient (Wildman–Crippen LogP) is 3.21. The van der Waals surface area contributed by atoms with Crippen molar-refractivity contribution in [2.24, 2.45) is 0 Å². The van der Waals surface area contributed by atoms with E-state index >= 15 is 0 Å². The van der Waals surface area contributed by atoms with Crippen LogP contribution in [0.2, 0.25) is 0 Å². The summed E-state index contributed by atoms with van der Waals surface area (Å²) in [6.45, 7) is 5.38. The Labute approximate surface area is 192 Å². The Morgan fingerprint density at radius 3 is 2.67 bits per heavy atom. The van der Waals surface area contributed by atoms with Crippen LogP contribution < -0.4 is 10.2 Å². The van der Waals surface area contributed by atoms with Gasteiger partial charge in [-0.3, -0.25) is 9.20 Å². The van der Waals surface area contributed by atoms with Crippen molar-refractivity contribution in [1.82, 2.24) is 19.3 Å². The molecule has 4 heterocycles. The smallest absolute Gasteiger partial charge is 0.224 e. The second-order valence-electron chi connectivity index (χ2n) is 8.19. The van der Waals surface area contributed by atoms with Gasteiger partial charge in [-0.25, -0.2) is 9.97 Å². The minimum Gasteiger partial charge on any atom is -0.371 e. The van der Waals surface area contributed by atoms with Gasteiger partial charge in [-0.2, -0.15) is 5.26 Å². The number of carbonyl (C=O) groups excluding carboxylic acids is 1. The van der Waals surface area contributed by atoms with E-state index in [1.165, 1.54) is 0 Å². The number of pyridine rings is 2. The fourth-order valence-corrected chi connectivity index (χ4v) is 4.41. The van der Waals surface area contributed by atoms with Gasteiger partial charge in [-0.1, -0.05) is 18.2 Å². The maximum absolute atomic E-state index is 12.8. The number of aromatic nitrogens is 3. The molecule has 1 aromatic carbocycles. The quantitative estimate of drug-likeness (QED) is 0.514. The van der Waals surface area contributed by atoms with Crippen molar-refractivity contribution in [2.75, 3.05) is 42.9 Å². The molecule has 1 aliphatic rings. The third-order valence-electron chi connectivity index (χ3n) is 6.14. The number of nitriles is 1. The highest BCUT2D eigenvalue weighted by Gasteiger charge is 2.22. The Kier molecular flexibility index (Phi) is 5.53. The SMILES string of the molecule is Cc1cc(NCCC(=O)N2CCN(c3ccccn3)CC2)n2c(nc3ccccc32)c1C#N. The molecule has 4 aromatic rings. The number of hydrogen-bond acceptors (Lipinski definition) is 6. The van der Waals surface area contributed by atoms with Crippen LogP contribution in [0.25, 0.3) is 16.7 Å². The van der Waals surface area contributed by atoms with E-state index in [4.69, 9.17) is 0 Å². The fourth-order valence-electron chi connectivity index (χ4n) is 4.41. The zero-order chi connectivity index (χ0) is 22.8. The molecule has 3 aromatic heterocycles. The number of hydrogen-bond donors (Lipinski definition) is 1. The van der Waals surface area contributed by atoms with Crippen molar-refractivity contribution in [3.8, 4) is 6.07 Å². The molecule has 33 heavy (non-hydrogen) atoms. The van der Waals surface area contributed by atoms with Crippen molar-refractivity contribution in [3.05, 3.63) is 65.9 Å². The second kappa shape index (κ2) is 8.79. The molecular weight excluding hydrogens is 414 g/mol. The Bertz CT molecular complexity index is 1350. The molecule has 0 radical (unpaired) electrons. The van der Waals surface area contributed by atoms with Gasteiger partial charge in [-0.05, 0) is 42.8 Å². The Hall–Kier alpha value is -4.12. The van der Waals surface area contributed by atoms with Crippen molar-refractivity contribution in [2.45, 2.75) is 13.3 Å². The number of piperazine rings is 1. The average molecular weight is 440 g/mol. The summed E-state index contributed by atoms with van der Waals surface area (Å²) in [7, 11) is 0. The van der Waals surface area contributed by atoms with E-state index in [-0.39, 0.29) is 5.91 Å². The van der Waals surface area contributed by atoms with Gasteiger partial charge in [0.2, 0.25) is 5.91 Å². The van der Waals surface area contributed by atoms with E-state index in [2.05, 4.69) is 26.3 Å². The minimum absolute atomic E-state index is 0.139. The maximum atomic E-state index is 12.8. The lowest BCUT2D eigenvalue weighted by Crippen LogP contribution is -2.49. The molecule has 8 nitrogen and oxygen atoms in total. The summed E-state index contributed by atoms with van der Waals surface area (Å²) in [6.07, 6.45) is 2.20. The van der Waals surface area contributed by atoms with Gasteiger partial charge >= 0.3 is 0 Å². The van der Waals surface area contributed by atoms with E-state index in [9.17, 15) is 10.1 Å². The number of anilines is 2. The van der Waals surface area contributed by atoms with E-state index in [1.54, 1.807) is 6.20 Å². The predicted molar refractivity (Wildman–Crippen MR) is 128 cm³/mol. The number of nitrogens with zero attached hydrogens (tertiary/aromatic N) is 6. The summed E-state index contributed by atoms with van der Waals surface area (Å²) in [6, 6.07) is 18.0. The Morgan fingerprint density at radius 2 is 1.91 bits per heavy atom. The lowest BCUT2D eigenvalue weighted by molar-refractivity contribution is -0.131. The molecule has 5 rings (SSSR count). The highest BCUT2D eigenvalue weighted by molar-refractivity contribution is 5.85. The third kappa shape index (κ3) is 3.94. The first-order valence-corrected chi connectivity index (χ1v) is 11.1. The molecule has 0 bridgehead atoms. The van der Waals surface area contributed by atoms with Gasteiger partial charge in [0.1, 0.15) is 17.7 Å². The zero-order valence-electron chi connectivity index (χ0n) is 18.5. The van der Waals surface area contributed by atoms with Gasteiger partial charge in [0.15, 0.2) is 5.65 Å². The second-order valence-corrected chi connectivity index (χ2v) is 8.19. The van der Waals surface area contributed by atoms with Crippen molar-refractivity contribution >= 4 is 34.2 Å². The first kappa shape index (κ1) is 20.8. The number of fused-ring (bicyclic) bond motifs is 3. The molecule has 8 heteroatoms. The molecule has 1 aliphatic heterocycles. The number of aryl methyl sites for hydroxylation is 1. The number of imidazole rings is 1. The van der Waals surface area contributed by atoms with Crippen LogP contribution in [0.1, 0.15) is 17.5 Å². The van der Waals surface area contributed by atoms with Crippen LogP contribution in [0.4, 0.5) is 11.6 Å². The van der Waals surface area contributed by atoms with E-state index in [0.29, 0.717) is 37.3 Å². The molecule has 0 saturated carbocycles. The van der Waals surface area contributed by atoms with E-state index < -0.39 is 0 Å². The molecule has 0 spiro atoms. The van der Waals surface area contributed by atoms with E-state index in [1.807, 2.05) is 64.8 Å². The first-order valence-electron chi connectivity index (χ1n) is 11.1. The van der Waals surface area contributed by atoms with Gasteiger partial charge in [0.25, 0.3) is 0 Å². The lowest BCUT2D eigenvalue weighted by Gasteiger charge is -2.35. The monoisotopic (exact) mass is 439 g/mol. The lowest BCUT2D eigenvalue weighted by atomic mass is 10.1. The third-order valence-corrected chi connectivity index (χ3v) is 6.14. The molecular formula is C25H25N7O. The highest BCUT2D eigenvalue weighted by atomic mass is 16.2. The summed E-state index contributed by atoms with van der Waals surface area (Å²) in [4.78, 5) is 26.0. The summed E-state index contributed by atoms with van der Waals surface area (Å²) in [5.74, 6) is 1.93. The van der Waals surface area contributed by atoms with Crippen LogP contribution in [-0.2, 0) is 4.79 Å². The van der Waals surface area contributed by atoms with Crippen molar-refractivity contribution < 1.29 is 4.79 Å². The number of amides is 1. The number of nitrogens with one attached hydrogen (secondary N) is 1. The molecule has 0 aliphatic carbocycles. The first-order chi connectivity index (χ1) is 16.2. The largest absolute Gasteiger partial charge is 0.371 e. The number of rotatable bonds is 5. The van der Waals surface area contributed by atoms with Crippen LogP contribution in [0.15, 0.2) is 54.7 Å². The van der Waals surface area contributed by atoms with Gasteiger partial charge in [0, 0.05) is 45.3 Å². The Balaban J connectivity index is 1.26. The molecule has 0 unspecified atom stereocenters. The Morgan fingerprint density at radius 1 is 1.12 bits per heavy atom. The molecule has 0 atom stereocenters. The summed E-state index contributed by atoms with van der Waals surface area (Å²) in [5.41, 5.74) is 3.84. The van der Waals surface area contributed by atoms with Gasteiger partial charge in [0.05, 0.1) is 16.6 Å². The highest BCUT2D eigenvalue weighted by Crippen LogP contribution is 2.26. The average Bonchev–Trinajstić information content (AvgIpc) is 3.24.